The topological polar surface area (TPSA) is 393 Å². The summed E-state index contributed by atoms with van der Waals surface area (Å²) >= 11 is 0. The number of nitrogens with one attached hydrogen (secondary N) is 6. The largest absolute Gasteiger partial charge is 0.480 e. The van der Waals surface area contributed by atoms with Gasteiger partial charge in [0.2, 0.25) is 35.4 Å². The van der Waals surface area contributed by atoms with Gasteiger partial charge < -0.3 is 71.4 Å². The van der Waals surface area contributed by atoms with Gasteiger partial charge >= 0.3 is 5.97 Å². The molecule has 0 rings (SSSR count). The van der Waals surface area contributed by atoms with Gasteiger partial charge in [-0.15, -0.1) is 0 Å². The van der Waals surface area contributed by atoms with E-state index in [1.807, 2.05) is 0 Å². The number of aliphatic imine (C=N–C) groups is 2. The molecular formula is C26H50N14O8. The van der Waals surface area contributed by atoms with Crippen molar-refractivity contribution < 1.29 is 38.7 Å². The first-order valence-corrected chi connectivity index (χ1v) is 15.1. The molecule has 272 valence electrons. The normalized spacial score (nSPS) is 12.2. The molecule has 0 saturated heterocycles. The number of aliphatic carboxylic acids is 1. The quantitative estimate of drug-likeness (QED) is 0.0241. The zero-order valence-corrected chi connectivity index (χ0v) is 26.8. The lowest BCUT2D eigenvalue weighted by molar-refractivity contribution is -0.138. The number of hydrogen-bond donors (Lipinski definition) is 13. The van der Waals surface area contributed by atoms with E-state index in [1.165, 1.54) is 0 Å². The average molecular weight is 687 g/mol. The van der Waals surface area contributed by atoms with Crippen molar-refractivity contribution in [2.24, 2.45) is 44.4 Å². The second-order valence-corrected chi connectivity index (χ2v) is 10.3. The molecule has 6 amide bonds. The van der Waals surface area contributed by atoms with E-state index >= 15 is 0 Å². The van der Waals surface area contributed by atoms with Gasteiger partial charge in [-0.05, 0) is 51.5 Å². The highest BCUT2D eigenvalue weighted by atomic mass is 16.4. The Morgan fingerprint density at radius 2 is 1.00 bits per heavy atom. The van der Waals surface area contributed by atoms with Gasteiger partial charge in [0.05, 0.1) is 19.6 Å². The molecule has 0 aromatic carbocycles. The van der Waals surface area contributed by atoms with E-state index in [9.17, 15) is 33.6 Å². The van der Waals surface area contributed by atoms with Crippen molar-refractivity contribution >= 4 is 53.3 Å². The van der Waals surface area contributed by atoms with Gasteiger partial charge in [-0.25, -0.2) is 0 Å². The monoisotopic (exact) mass is 686 g/mol. The zero-order valence-electron chi connectivity index (χ0n) is 26.8. The van der Waals surface area contributed by atoms with E-state index in [0.29, 0.717) is 25.8 Å². The van der Waals surface area contributed by atoms with Crippen molar-refractivity contribution in [3.8, 4) is 0 Å². The Balaban J connectivity index is 5.54. The summed E-state index contributed by atoms with van der Waals surface area (Å²) in [5.41, 5.74) is 32.2. The summed E-state index contributed by atoms with van der Waals surface area (Å²) < 4.78 is 0. The van der Waals surface area contributed by atoms with Crippen LogP contribution in [-0.2, 0) is 33.6 Å². The van der Waals surface area contributed by atoms with Crippen LogP contribution in [0.2, 0.25) is 0 Å². The number of nitrogens with two attached hydrogens (primary N) is 6. The predicted molar refractivity (Wildman–Crippen MR) is 174 cm³/mol. The molecule has 22 nitrogen and oxygen atoms in total. The number of hydrogen-bond acceptors (Lipinski definition) is 11. The minimum atomic E-state index is -1.27. The highest BCUT2D eigenvalue weighted by Gasteiger charge is 2.27. The smallest absolute Gasteiger partial charge is 0.322 e. The molecule has 0 fully saturated rings. The summed E-state index contributed by atoms with van der Waals surface area (Å²) in [6.07, 6.45) is 1.83. The number of carboxylic acid groups (broad SMARTS) is 1. The van der Waals surface area contributed by atoms with Crippen LogP contribution in [0.3, 0.4) is 0 Å². The van der Waals surface area contributed by atoms with Crippen molar-refractivity contribution in [1.82, 2.24) is 31.9 Å². The molecule has 19 N–H and O–H groups in total. The molecule has 0 aromatic heterocycles. The minimum absolute atomic E-state index is 0.0373. The molecule has 0 aliphatic heterocycles. The number of rotatable bonds is 25. The maximum absolute atomic E-state index is 13.2. The third-order valence-corrected chi connectivity index (χ3v) is 6.24. The van der Waals surface area contributed by atoms with E-state index in [4.69, 9.17) is 39.5 Å². The highest BCUT2D eigenvalue weighted by molar-refractivity contribution is 5.95. The molecule has 0 heterocycles. The number of carbonyl (C=O) groups is 7. The van der Waals surface area contributed by atoms with Gasteiger partial charge in [-0.1, -0.05) is 0 Å². The minimum Gasteiger partial charge on any atom is -0.480 e. The summed E-state index contributed by atoms with van der Waals surface area (Å²) in [4.78, 5) is 93.8. The van der Waals surface area contributed by atoms with E-state index in [0.717, 1.165) is 0 Å². The second-order valence-electron chi connectivity index (χ2n) is 10.3. The lowest BCUT2D eigenvalue weighted by Crippen LogP contribution is -2.55. The molecule has 48 heavy (non-hydrogen) atoms. The molecule has 0 aromatic rings. The van der Waals surface area contributed by atoms with Crippen molar-refractivity contribution in [3.05, 3.63) is 0 Å². The first-order valence-electron chi connectivity index (χ1n) is 15.1. The average Bonchev–Trinajstić information content (AvgIpc) is 3.03. The first-order chi connectivity index (χ1) is 22.7. The van der Waals surface area contributed by atoms with E-state index < -0.39 is 85.7 Å². The molecule has 0 unspecified atom stereocenters. The fourth-order valence-electron chi connectivity index (χ4n) is 3.90. The Morgan fingerprint density at radius 1 is 0.542 bits per heavy atom. The van der Waals surface area contributed by atoms with Crippen LogP contribution in [0.4, 0.5) is 0 Å². The van der Waals surface area contributed by atoms with Crippen molar-refractivity contribution in [2.45, 2.75) is 63.1 Å². The van der Waals surface area contributed by atoms with E-state index in [2.05, 4.69) is 41.9 Å². The fourth-order valence-corrected chi connectivity index (χ4v) is 3.90. The maximum atomic E-state index is 13.2. The Morgan fingerprint density at radius 3 is 1.48 bits per heavy atom. The maximum Gasteiger partial charge on any atom is 0.322 e. The van der Waals surface area contributed by atoms with Crippen molar-refractivity contribution in [3.63, 3.8) is 0 Å². The Kier molecular flexibility index (Phi) is 22.2. The molecule has 3 atom stereocenters. The SMILES string of the molecule is NCCCC[C@H](NC(=O)CNC(=O)[C@H](CCCN=C(N)N)NC(=O)[C@H](CCCN=C(N)N)NC(=O)CN)C(=O)NCC(=O)NCC(=O)O. The molecular weight excluding hydrogens is 636 g/mol. The fraction of sp³-hybridized carbons (Fsp3) is 0.654. The summed E-state index contributed by atoms with van der Waals surface area (Å²) in [6, 6.07) is -3.39. The number of unbranched alkanes of at least 4 members (excludes halogenated alkanes) is 1. The lowest BCUT2D eigenvalue weighted by atomic mass is 10.1. The van der Waals surface area contributed by atoms with Crippen LogP contribution in [0.15, 0.2) is 9.98 Å². The van der Waals surface area contributed by atoms with Gasteiger partial charge in [0.15, 0.2) is 11.9 Å². The Bertz CT molecular complexity index is 1140. The van der Waals surface area contributed by atoms with Crippen LogP contribution in [0.5, 0.6) is 0 Å². The number of guanidine groups is 2. The zero-order chi connectivity index (χ0) is 36.5. The van der Waals surface area contributed by atoms with E-state index in [1.54, 1.807) is 0 Å². The summed E-state index contributed by atoms with van der Waals surface area (Å²) in [6.45, 7) is -1.52. The molecule has 0 spiro atoms. The third-order valence-electron chi connectivity index (χ3n) is 6.24. The molecule has 0 radical (unpaired) electrons. The van der Waals surface area contributed by atoms with Crippen molar-refractivity contribution in [1.29, 1.82) is 0 Å². The van der Waals surface area contributed by atoms with Gasteiger partial charge in [0, 0.05) is 13.1 Å². The van der Waals surface area contributed by atoms with Gasteiger partial charge in [0.1, 0.15) is 24.7 Å². The Labute approximate surface area is 277 Å². The Hall–Kier alpha value is -5.25. The number of amides is 6. The molecule has 0 aliphatic carbocycles. The lowest BCUT2D eigenvalue weighted by Gasteiger charge is -2.23. The second kappa shape index (κ2) is 24.9. The number of carboxylic acids is 1. The molecule has 0 saturated carbocycles. The van der Waals surface area contributed by atoms with Gasteiger partial charge in [-0.2, -0.15) is 0 Å². The third kappa shape index (κ3) is 21.5. The number of carbonyl (C=O) groups excluding carboxylic acids is 6. The van der Waals surface area contributed by atoms with Crippen molar-refractivity contribution in [2.75, 3.05) is 45.8 Å². The van der Waals surface area contributed by atoms with Crippen LogP contribution in [0.25, 0.3) is 0 Å². The van der Waals surface area contributed by atoms with Crippen LogP contribution >= 0.6 is 0 Å². The summed E-state index contributed by atoms with van der Waals surface area (Å²) in [5, 5.41) is 23.0. The van der Waals surface area contributed by atoms with Crippen LogP contribution in [0.1, 0.15) is 44.9 Å². The van der Waals surface area contributed by atoms with Gasteiger partial charge in [-0.3, -0.25) is 43.5 Å². The highest BCUT2D eigenvalue weighted by Crippen LogP contribution is 2.04. The molecule has 22 heteroatoms. The first kappa shape index (κ1) is 42.8. The van der Waals surface area contributed by atoms with Crippen LogP contribution < -0.4 is 66.3 Å². The van der Waals surface area contributed by atoms with Crippen LogP contribution in [-0.4, -0.2) is 122 Å². The standard InChI is InChI=1S/C26H50N14O8/c27-8-2-1-5-15(22(46)36-12-19(42)35-14-21(44)45)39-20(43)13-37-23(47)16(6-3-9-33-25(29)30)40-24(48)17(38-18(41)11-28)7-4-10-34-26(31)32/h15-17H,1-14,27-28H2,(H,35,42)(H,36,46)(H,37,47)(H,38,41)(H,39,43)(H,40,48)(H,44,45)(H4,29,30,33)(H4,31,32,34)/t15-,16-,17-/m0/s1. The van der Waals surface area contributed by atoms with Crippen LogP contribution in [0, 0.1) is 0 Å². The predicted octanol–water partition coefficient (Wildman–Crippen LogP) is -6.93. The molecule has 0 bridgehead atoms. The summed E-state index contributed by atoms with van der Waals surface area (Å²) in [5.74, 6) is -5.90. The summed E-state index contributed by atoms with van der Waals surface area (Å²) in [7, 11) is 0. The number of nitrogens with zero attached hydrogens (tertiary/aromatic N) is 2. The van der Waals surface area contributed by atoms with Gasteiger partial charge in [0.25, 0.3) is 0 Å². The van der Waals surface area contributed by atoms with E-state index in [-0.39, 0.29) is 50.7 Å². The molecule has 0 aliphatic rings.